The summed E-state index contributed by atoms with van der Waals surface area (Å²) in [6.45, 7) is 6.54. The van der Waals surface area contributed by atoms with Gasteiger partial charge in [-0.15, -0.1) is 0 Å². The van der Waals surface area contributed by atoms with Gasteiger partial charge in [-0.2, -0.15) is 0 Å². The maximum atomic E-state index is 10.4. The minimum Gasteiger partial charge on any atom is -0.748 e. The van der Waals surface area contributed by atoms with Crippen LogP contribution in [0.3, 0.4) is 0 Å². The molecule has 1 aliphatic rings. The van der Waals surface area contributed by atoms with Gasteiger partial charge in [-0.3, -0.25) is 14.6 Å². The number of aliphatic hydroxyl groups is 1. The molecule has 0 aromatic heterocycles. The summed E-state index contributed by atoms with van der Waals surface area (Å²) in [6.07, 6.45) is 21.2. The Bertz CT molecular complexity index is 626. The summed E-state index contributed by atoms with van der Waals surface area (Å²) in [7, 11) is -4.09. The number of carboxylic acids is 1. The van der Waals surface area contributed by atoms with Crippen LogP contribution in [0.15, 0.2) is 12.2 Å². The Balaban J connectivity index is 0. The predicted molar refractivity (Wildman–Crippen MR) is 142 cm³/mol. The van der Waals surface area contributed by atoms with E-state index in [1.54, 1.807) is 0 Å². The quantitative estimate of drug-likeness (QED) is 0.102. The zero-order valence-electron chi connectivity index (χ0n) is 23.0. The summed E-state index contributed by atoms with van der Waals surface area (Å²) in [4.78, 5) is 14.4. The number of carbonyl (C=O) groups is 1. The Morgan fingerprint density at radius 3 is 1.69 bits per heavy atom. The van der Waals surface area contributed by atoms with Crippen molar-refractivity contribution < 1.29 is 57.5 Å². The molecule has 2 N–H and O–H groups in total. The SMILES string of the molecule is CCCCCCCC/C=C\CCCCCCCC(=O)O.O=S(=O)([O-])CCN1CCN(CCO)CC1.[Na+]. The number of carboxylic acid groups (broad SMARTS) is 1. The van der Waals surface area contributed by atoms with Gasteiger partial charge in [-0.05, 0) is 32.1 Å². The maximum Gasteiger partial charge on any atom is 1.00 e. The minimum absolute atomic E-state index is 0. The molecular weight excluding hydrogens is 491 g/mol. The molecule has 0 atom stereocenters. The predicted octanol–water partition coefficient (Wildman–Crippen LogP) is 1.25. The third-order valence-electron chi connectivity index (χ3n) is 6.19. The first-order valence-corrected chi connectivity index (χ1v) is 15.2. The van der Waals surface area contributed by atoms with Crippen molar-refractivity contribution >= 4 is 16.1 Å². The van der Waals surface area contributed by atoms with Crippen molar-refractivity contribution in [2.45, 2.75) is 96.8 Å². The van der Waals surface area contributed by atoms with Crippen LogP contribution in [0.25, 0.3) is 0 Å². The number of aliphatic hydroxyl groups excluding tert-OH is 1. The van der Waals surface area contributed by atoms with Gasteiger partial charge in [-0.1, -0.05) is 70.4 Å². The van der Waals surface area contributed by atoms with Crippen molar-refractivity contribution in [1.82, 2.24) is 9.80 Å². The van der Waals surface area contributed by atoms with E-state index in [-0.39, 0.29) is 41.9 Å². The molecule has 0 aromatic rings. The normalized spacial score (nSPS) is 14.9. The van der Waals surface area contributed by atoms with Gasteiger partial charge in [-0.25, -0.2) is 8.42 Å². The molecule has 0 spiro atoms. The van der Waals surface area contributed by atoms with Crippen molar-refractivity contribution in [2.24, 2.45) is 0 Å². The fourth-order valence-corrected chi connectivity index (χ4v) is 4.45. The van der Waals surface area contributed by atoms with Crippen LogP contribution in [0.5, 0.6) is 0 Å². The number of hydrogen-bond acceptors (Lipinski definition) is 7. The molecule has 1 fully saturated rings. The summed E-state index contributed by atoms with van der Waals surface area (Å²) in [5.41, 5.74) is 0. The van der Waals surface area contributed by atoms with Crippen LogP contribution in [-0.2, 0) is 14.9 Å². The molecule has 0 aromatic carbocycles. The molecule has 0 aliphatic carbocycles. The van der Waals surface area contributed by atoms with Crippen molar-refractivity contribution in [2.75, 3.05) is 51.6 Å². The standard InChI is InChI=1S/C18H34O2.C8H18N2O4S.Na/c1-2-3-4-5-6-7-8-9-10-11-12-13-14-15-16-17-18(19)20;11-7-5-9-1-3-10(4-2-9)6-8-15(12,13)14;/h9-10H,2-8,11-17H2,1H3,(H,19,20);11H,1-8H2,(H,12,13,14);/q;;+1/p-1/b10-9-;;. The number of nitrogens with zero attached hydrogens (tertiary/aromatic N) is 2. The number of rotatable bonds is 20. The molecule has 8 nitrogen and oxygen atoms in total. The van der Waals surface area contributed by atoms with Gasteiger partial charge in [0.1, 0.15) is 0 Å². The third-order valence-corrected chi connectivity index (χ3v) is 6.87. The van der Waals surface area contributed by atoms with Gasteiger partial charge in [0.15, 0.2) is 0 Å². The van der Waals surface area contributed by atoms with E-state index in [0.29, 0.717) is 19.5 Å². The van der Waals surface area contributed by atoms with Gasteiger partial charge in [0.05, 0.1) is 22.5 Å². The molecule has 1 rings (SSSR count). The van der Waals surface area contributed by atoms with E-state index in [1.807, 2.05) is 4.90 Å². The van der Waals surface area contributed by atoms with Crippen LogP contribution in [0.1, 0.15) is 96.8 Å². The van der Waals surface area contributed by atoms with Gasteiger partial charge >= 0.3 is 35.5 Å². The van der Waals surface area contributed by atoms with Crippen molar-refractivity contribution in [1.29, 1.82) is 0 Å². The maximum absolute atomic E-state index is 10.4. The Morgan fingerprint density at radius 1 is 0.806 bits per heavy atom. The van der Waals surface area contributed by atoms with Gasteiger partial charge in [0.2, 0.25) is 0 Å². The number of piperazine rings is 1. The third kappa shape index (κ3) is 28.6. The summed E-state index contributed by atoms with van der Waals surface area (Å²) in [5, 5.41) is 17.2. The zero-order valence-corrected chi connectivity index (χ0v) is 25.9. The van der Waals surface area contributed by atoms with Crippen LogP contribution in [0, 0.1) is 0 Å². The molecule has 36 heavy (non-hydrogen) atoms. The average molecular weight is 543 g/mol. The molecule has 0 saturated carbocycles. The second-order valence-electron chi connectivity index (χ2n) is 9.40. The fourth-order valence-electron chi connectivity index (χ4n) is 3.97. The zero-order chi connectivity index (χ0) is 26.2. The Kier molecular flexibility index (Phi) is 28.2. The second-order valence-corrected chi connectivity index (χ2v) is 10.9. The smallest absolute Gasteiger partial charge is 0.748 e. The summed E-state index contributed by atoms with van der Waals surface area (Å²) >= 11 is 0. The van der Waals surface area contributed by atoms with Crippen LogP contribution >= 0.6 is 0 Å². The van der Waals surface area contributed by atoms with Gasteiger partial charge < -0.3 is 14.8 Å². The minimum atomic E-state index is -4.09. The van der Waals surface area contributed by atoms with Crippen molar-refractivity contribution in [3.63, 3.8) is 0 Å². The topological polar surface area (TPSA) is 121 Å². The molecule has 1 heterocycles. The molecular formula is C26H51N2NaO6S. The number of aliphatic carboxylic acids is 1. The first kappa shape index (κ1) is 38.1. The largest absolute Gasteiger partial charge is 1.00 e. The molecule has 1 saturated heterocycles. The van der Waals surface area contributed by atoms with Crippen LogP contribution < -0.4 is 29.6 Å². The Hall–Kier alpha value is -0.000000000000000222. The monoisotopic (exact) mass is 542 g/mol. The number of allylic oxidation sites excluding steroid dienone is 2. The molecule has 0 unspecified atom stereocenters. The fraction of sp³-hybridized carbons (Fsp3) is 0.885. The summed E-state index contributed by atoms with van der Waals surface area (Å²) < 4.78 is 31.2. The van der Waals surface area contributed by atoms with E-state index in [2.05, 4.69) is 24.0 Å². The first-order valence-electron chi connectivity index (χ1n) is 13.6. The summed E-state index contributed by atoms with van der Waals surface area (Å²) in [5.74, 6) is -0.977. The van der Waals surface area contributed by atoms with E-state index >= 15 is 0 Å². The van der Waals surface area contributed by atoms with E-state index in [1.165, 1.54) is 70.6 Å². The van der Waals surface area contributed by atoms with Gasteiger partial charge in [0, 0.05) is 45.7 Å². The second kappa shape index (κ2) is 26.6. The van der Waals surface area contributed by atoms with Crippen molar-refractivity contribution in [3.05, 3.63) is 12.2 Å². The average Bonchev–Trinajstić information content (AvgIpc) is 2.81. The first-order chi connectivity index (χ1) is 16.8. The number of hydrogen-bond donors (Lipinski definition) is 2. The van der Waals surface area contributed by atoms with Crippen LogP contribution in [0.4, 0.5) is 0 Å². The summed E-state index contributed by atoms with van der Waals surface area (Å²) in [6, 6.07) is 0. The molecule has 1 aliphatic heterocycles. The van der Waals surface area contributed by atoms with E-state index in [4.69, 9.17) is 10.2 Å². The number of β-amino-alcohol motifs (C(OH)–C–C–N with tert-alkyl or cyclic N) is 1. The van der Waals surface area contributed by atoms with E-state index in [9.17, 15) is 17.8 Å². The van der Waals surface area contributed by atoms with Crippen LogP contribution in [0.2, 0.25) is 0 Å². The van der Waals surface area contributed by atoms with E-state index < -0.39 is 16.1 Å². The van der Waals surface area contributed by atoms with Crippen LogP contribution in [-0.4, -0.2) is 90.6 Å². The van der Waals surface area contributed by atoms with Crippen molar-refractivity contribution in [3.8, 4) is 0 Å². The molecule has 0 amide bonds. The molecule has 208 valence electrons. The number of unbranched alkanes of at least 4 members (excludes halogenated alkanes) is 11. The Labute approximate surface area is 242 Å². The molecule has 0 bridgehead atoms. The molecule has 0 radical (unpaired) electrons. The van der Waals surface area contributed by atoms with Gasteiger partial charge in [0.25, 0.3) is 0 Å². The Morgan fingerprint density at radius 2 is 1.25 bits per heavy atom. The molecule has 10 heteroatoms. The van der Waals surface area contributed by atoms with E-state index in [0.717, 1.165) is 39.0 Å².